The Kier molecular flexibility index (Phi) is 4.09. The number of carbonyl (C=O) groups is 1. The molecule has 1 aliphatic heterocycles. The van der Waals surface area contributed by atoms with E-state index in [1.54, 1.807) is 4.68 Å². The minimum atomic E-state index is -0.404. The SMILES string of the molecule is Cc1nn(C)c(N(C)C2CCCNCC2)c1C(N)=O. The zero-order chi connectivity index (χ0) is 14.0. The summed E-state index contributed by atoms with van der Waals surface area (Å²) in [5.74, 6) is 0.427. The number of amides is 1. The number of hydrogen-bond acceptors (Lipinski definition) is 4. The highest BCUT2D eigenvalue weighted by Gasteiger charge is 2.25. The van der Waals surface area contributed by atoms with Gasteiger partial charge in [-0.15, -0.1) is 0 Å². The normalized spacial score (nSPS) is 20.1. The number of hydrogen-bond donors (Lipinski definition) is 2. The molecule has 1 fully saturated rings. The van der Waals surface area contributed by atoms with Gasteiger partial charge >= 0.3 is 0 Å². The molecule has 0 saturated carbocycles. The first kappa shape index (κ1) is 13.9. The number of anilines is 1. The Labute approximate surface area is 113 Å². The van der Waals surface area contributed by atoms with Crippen molar-refractivity contribution in [1.82, 2.24) is 15.1 Å². The number of primary amides is 1. The van der Waals surface area contributed by atoms with Gasteiger partial charge < -0.3 is 16.0 Å². The third kappa shape index (κ3) is 2.73. The van der Waals surface area contributed by atoms with Crippen LogP contribution in [0.3, 0.4) is 0 Å². The molecule has 19 heavy (non-hydrogen) atoms. The van der Waals surface area contributed by atoms with Gasteiger partial charge in [-0.25, -0.2) is 0 Å². The van der Waals surface area contributed by atoms with Crippen LogP contribution in [0.25, 0.3) is 0 Å². The monoisotopic (exact) mass is 265 g/mol. The van der Waals surface area contributed by atoms with Gasteiger partial charge in [-0.3, -0.25) is 9.48 Å². The van der Waals surface area contributed by atoms with E-state index in [4.69, 9.17) is 5.73 Å². The molecular formula is C13H23N5O. The molecule has 0 aliphatic carbocycles. The molecule has 1 aromatic rings. The van der Waals surface area contributed by atoms with E-state index >= 15 is 0 Å². The van der Waals surface area contributed by atoms with Gasteiger partial charge in [0.2, 0.25) is 0 Å². The van der Waals surface area contributed by atoms with Crippen LogP contribution in [0.4, 0.5) is 5.82 Å². The van der Waals surface area contributed by atoms with Crippen molar-refractivity contribution in [2.24, 2.45) is 12.8 Å². The van der Waals surface area contributed by atoms with Crippen molar-refractivity contribution in [3.8, 4) is 0 Å². The number of nitrogens with zero attached hydrogens (tertiary/aromatic N) is 3. The summed E-state index contributed by atoms with van der Waals surface area (Å²) in [6.07, 6.45) is 3.34. The average Bonchev–Trinajstić information content (AvgIpc) is 2.56. The van der Waals surface area contributed by atoms with Crippen LogP contribution >= 0.6 is 0 Å². The van der Waals surface area contributed by atoms with E-state index in [9.17, 15) is 4.79 Å². The van der Waals surface area contributed by atoms with Crippen LogP contribution in [-0.4, -0.2) is 41.9 Å². The molecule has 2 heterocycles. The molecule has 1 atom stereocenters. The van der Waals surface area contributed by atoms with Crippen LogP contribution < -0.4 is 16.0 Å². The van der Waals surface area contributed by atoms with Gasteiger partial charge in [-0.05, 0) is 39.3 Å². The van der Waals surface area contributed by atoms with Crippen molar-refractivity contribution in [1.29, 1.82) is 0 Å². The van der Waals surface area contributed by atoms with Crippen molar-refractivity contribution in [3.05, 3.63) is 11.3 Å². The molecule has 1 amide bonds. The molecule has 0 spiro atoms. The molecule has 1 aromatic heterocycles. The number of carbonyl (C=O) groups excluding carboxylic acids is 1. The molecule has 1 unspecified atom stereocenters. The van der Waals surface area contributed by atoms with E-state index in [1.807, 2.05) is 21.0 Å². The Morgan fingerprint density at radius 3 is 2.89 bits per heavy atom. The standard InChI is InChI=1S/C13H23N5O/c1-9-11(12(14)19)13(18(3)16-9)17(2)10-5-4-7-15-8-6-10/h10,15H,4-8H2,1-3H3,(H2,14,19). The van der Waals surface area contributed by atoms with E-state index in [0.29, 0.717) is 17.3 Å². The lowest BCUT2D eigenvalue weighted by Gasteiger charge is -2.29. The van der Waals surface area contributed by atoms with Crippen LogP contribution in [0.5, 0.6) is 0 Å². The lowest BCUT2D eigenvalue weighted by atomic mass is 10.1. The van der Waals surface area contributed by atoms with Crippen LogP contribution in [0.15, 0.2) is 0 Å². The molecule has 0 aromatic carbocycles. The predicted molar refractivity (Wildman–Crippen MR) is 75.4 cm³/mol. The van der Waals surface area contributed by atoms with Crippen molar-refractivity contribution in [2.75, 3.05) is 25.0 Å². The van der Waals surface area contributed by atoms with Gasteiger partial charge in [-0.2, -0.15) is 5.10 Å². The maximum Gasteiger partial charge on any atom is 0.254 e. The van der Waals surface area contributed by atoms with Crippen LogP contribution in [0.1, 0.15) is 35.3 Å². The second kappa shape index (κ2) is 5.61. The molecular weight excluding hydrogens is 242 g/mol. The van der Waals surface area contributed by atoms with Crippen LogP contribution in [0.2, 0.25) is 0 Å². The van der Waals surface area contributed by atoms with Crippen LogP contribution in [-0.2, 0) is 7.05 Å². The summed E-state index contributed by atoms with van der Waals surface area (Å²) in [5.41, 5.74) is 6.74. The minimum Gasteiger partial charge on any atom is -0.365 e. The fraction of sp³-hybridized carbons (Fsp3) is 0.692. The van der Waals surface area contributed by atoms with Gasteiger partial charge in [0.1, 0.15) is 11.4 Å². The Morgan fingerprint density at radius 2 is 2.21 bits per heavy atom. The van der Waals surface area contributed by atoms with Gasteiger partial charge in [-0.1, -0.05) is 0 Å². The zero-order valence-corrected chi connectivity index (χ0v) is 11.9. The van der Waals surface area contributed by atoms with E-state index in [-0.39, 0.29) is 0 Å². The molecule has 6 heteroatoms. The fourth-order valence-corrected chi connectivity index (χ4v) is 2.90. The topological polar surface area (TPSA) is 76.2 Å². The molecule has 1 aliphatic rings. The first-order valence-corrected chi connectivity index (χ1v) is 6.79. The smallest absolute Gasteiger partial charge is 0.254 e. The number of aromatic nitrogens is 2. The van der Waals surface area contributed by atoms with Gasteiger partial charge in [0.25, 0.3) is 5.91 Å². The Morgan fingerprint density at radius 1 is 1.47 bits per heavy atom. The largest absolute Gasteiger partial charge is 0.365 e. The second-order valence-electron chi connectivity index (χ2n) is 5.22. The average molecular weight is 265 g/mol. The van der Waals surface area contributed by atoms with E-state index in [2.05, 4.69) is 15.3 Å². The first-order chi connectivity index (χ1) is 9.02. The molecule has 106 valence electrons. The maximum absolute atomic E-state index is 11.6. The molecule has 0 bridgehead atoms. The summed E-state index contributed by atoms with van der Waals surface area (Å²) in [5, 5.41) is 7.73. The van der Waals surface area contributed by atoms with Crippen molar-refractivity contribution in [2.45, 2.75) is 32.2 Å². The lowest BCUT2D eigenvalue weighted by molar-refractivity contribution is 0.1000. The summed E-state index contributed by atoms with van der Waals surface area (Å²) < 4.78 is 1.76. The summed E-state index contributed by atoms with van der Waals surface area (Å²) in [7, 11) is 3.89. The summed E-state index contributed by atoms with van der Waals surface area (Å²) in [4.78, 5) is 13.8. The molecule has 3 N–H and O–H groups in total. The lowest BCUT2D eigenvalue weighted by Crippen LogP contribution is -2.35. The van der Waals surface area contributed by atoms with E-state index in [0.717, 1.165) is 38.2 Å². The fourth-order valence-electron chi connectivity index (χ4n) is 2.90. The Hall–Kier alpha value is -1.56. The predicted octanol–water partition coefficient (Wildman–Crippen LogP) is 0.406. The second-order valence-corrected chi connectivity index (χ2v) is 5.22. The Balaban J connectivity index is 2.31. The Bertz CT molecular complexity index is 460. The number of nitrogens with one attached hydrogen (secondary N) is 1. The highest BCUT2D eigenvalue weighted by atomic mass is 16.1. The highest BCUT2D eigenvalue weighted by molar-refractivity contribution is 5.99. The van der Waals surface area contributed by atoms with Crippen molar-refractivity contribution < 1.29 is 4.79 Å². The molecule has 6 nitrogen and oxygen atoms in total. The summed E-state index contributed by atoms with van der Waals surface area (Å²) in [6, 6.07) is 0.419. The third-order valence-electron chi connectivity index (χ3n) is 3.87. The number of nitrogens with two attached hydrogens (primary N) is 1. The quantitative estimate of drug-likeness (QED) is 0.830. The number of rotatable bonds is 3. The minimum absolute atomic E-state index is 0.404. The van der Waals surface area contributed by atoms with Gasteiger partial charge in [0.05, 0.1) is 5.69 Å². The molecule has 1 saturated heterocycles. The first-order valence-electron chi connectivity index (χ1n) is 6.79. The molecule has 0 radical (unpaired) electrons. The third-order valence-corrected chi connectivity index (χ3v) is 3.87. The highest BCUT2D eigenvalue weighted by Crippen LogP contribution is 2.26. The van der Waals surface area contributed by atoms with Crippen LogP contribution in [0, 0.1) is 6.92 Å². The van der Waals surface area contributed by atoms with Gasteiger partial charge in [0.15, 0.2) is 0 Å². The summed E-state index contributed by atoms with van der Waals surface area (Å²) in [6.45, 7) is 3.90. The van der Waals surface area contributed by atoms with Gasteiger partial charge in [0, 0.05) is 20.1 Å². The summed E-state index contributed by atoms with van der Waals surface area (Å²) >= 11 is 0. The maximum atomic E-state index is 11.6. The molecule has 2 rings (SSSR count). The van der Waals surface area contributed by atoms with Crippen molar-refractivity contribution >= 4 is 11.7 Å². The zero-order valence-electron chi connectivity index (χ0n) is 11.9. The van der Waals surface area contributed by atoms with E-state index in [1.165, 1.54) is 0 Å². The van der Waals surface area contributed by atoms with E-state index < -0.39 is 5.91 Å². The van der Waals surface area contributed by atoms with Crippen molar-refractivity contribution in [3.63, 3.8) is 0 Å². The number of aryl methyl sites for hydroxylation is 2.